The van der Waals surface area contributed by atoms with Gasteiger partial charge >= 0.3 is 0 Å². The van der Waals surface area contributed by atoms with E-state index < -0.39 is 6.04 Å². The number of carbonyl (C=O) groups excluding carboxylic acids is 1. The number of anilines is 1. The van der Waals surface area contributed by atoms with Crippen LogP contribution in [0, 0.1) is 0 Å². The van der Waals surface area contributed by atoms with Crippen LogP contribution in [0.1, 0.15) is 19.8 Å². The summed E-state index contributed by atoms with van der Waals surface area (Å²) in [7, 11) is 0. The summed E-state index contributed by atoms with van der Waals surface area (Å²) in [6, 6.07) is 9.22. The van der Waals surface area contributed by atoms with Gasteiger partial charge in [0, 0.05) is 5.39 Å². The van der Waals surface area contributed by atoms with Crippen LogP contribution in [-0.4, -0.2) is 16.9 Å². The molecule has 0 aliphatic carbocycles. The Morgan fingerprint density at radius 3 is 3.00 bits per heavy atom. The monoisotopic (exact) mass is 243 g/mol. The third-order valence-electron chi connectivity index (χ3n) is 2.79. The lowest BCUT2D eigenvalue weighted by Gasteiger charge is -2.11. The number of hydrogen-bond acceptors (Lipinski definition) is 3. The molecule has 94 valence electrons. The fraction of sp³-hybridized carbons (Fsp3) is 0.286. The summed E-state index contributed by atoms with van der Waals surface area (Å²) < 4.78 is 0. The maximum Gasteiger partial charge on any atom is 0.241 e. The molecule has 0 radical (unpaired) electrons. The molecule has 1 amide bonds. The SMILES string of the molecule is CCCC(N)C(=O)Nc1cnc2ccccc2c1. The number of pyridine rings is 1. The van der Waals surface area contributed by atoms with Crippen LogP contribution in [0.3, 0.4) is 0 Å². The lowest BCUT2D eigenvalue weighted by molar-refractivity contribution is -0.117. The smallest absolute Gasteiger partial charge is 0.241 e. The third-order valence-corrected chi connectivity index (χ3v) is 2.79. The Hall–Kier alpha value is -1.94. The standard InChI is InChI=1S/C14H17N3O/c1-2-5-12(15)14(18)17-11-8-10-6-3-4-7-13(10)16-9-11/h3-4,6-9,12H,2,5,15H2,1H3,(H,17,18). The van der Waals surface area contributed by atoms with Crippen LogP contribution in [0.2, 0.25) is 0 Å². The number of rotatable bonds is 4. The topological polar surface area (TPSA) is 68.0 Å². The zero-order chi connectivity index (χ0) is 13.0. The fourth-order valence-electron chi connectivity index (χ4n) is 1.82. The van der Waals surface area contributed by atoms with Crippen LogP contribution >= 0.6 is 0 Å². The Kier molecular flexibility index (Phi) is 3.89. The molecular formula is C14H17N3O. The molecule has 0 aliphatic heterocycles. The number of nitrogens with one attached hydrogen (secondary N) is 1. The average molecular weight is 243 g/mol. The van der Waals surface area contributed by atoms with Gasteiger partial charge in [-0.05, 0) is 18.6 Å². The summed E-state index contributed by atoms with van der Waals surface area (Å²) in [4.78, 5) is 16.1. The van der Waals surface area contributed by atoms with Crippen LogP contribution in [-0.2, 0) is 4.79 Å². The van der Waals surface area contributed by atoms with Crippen LogP contribution in [0.4, 0.5) is 5.69 Å². The van der Waals surface area contributed by atoms with Gasteiger partial charge < -0.3 is 11.1 Å². The number of amides is 1. The Morgan fingerprint density at radius 1 is 1.44 bits per heavy atom. The van der Waals surface area contributed by atoms with E-state index in [0.29, 0.717) is 12.1 Å². The highest BCUT2D eigenvalue weighted by molar-refractivity contribution is 5.96. The molecule has 1 unspecified atom stereocenters. The van der Waals surface area contributed by atoms with E-state index in [1.807, 2.05) is 37.3 Å². The van der Waals surface area contributed by atoms with Gasteiger partial charge in [0.25, 0.3) is 0 Å². The average Bonchev–Trinajstić information content (AvgIpc) is 2.39. The molecule has 0 fully saturated rings. The fourth-order valence-corrected chi connectivity index (χ4v) is 1.82. The molecule has 0 aliphatic rings. The normalized spacial score (nSPS) is 12.3. The predicted molar refractivity (Wildman–Crippen MR) is 73.3 cm³/mol. The van der Waals surface area contributed by atoms with Crippen molar-refractivity contribution in [2.75, 3.05) is 5.32 Å². The van der Waals surface area contributed by atoms with Crippen LogP contribution in [0.25, 0.3) is 10.9 Å². The van der Waals surface area contributed by atoms with Crippen molar-refractivity contribution >= 4 is 22.5 Å². The molecular weight excluding hydrogens is 226 g/mol. The van der Waals surface area contributed by atoms with Gasteiger partial charge in [0.1, 0.15) is 0 Å². The second kappa shape index (κ2) is 5.60. The molecule has 4 heteroatoms. The minimum absolute atomic E-state index is 0.158. The van der Waals surface area contributed by atoms with Crippen molar-refractivity contribution in [1.29, 1.82) is 0 Å². The molecule has 0 saturated carbocycles. The Balaban J connectivity index is 2.14. The second-order valence-electron chi connectivity index (χ2n) is 4.30. The van der Waals surface area contributed by atoms with Gasteiger partial charge in [-0.3, -0.25) is 9.78 Å². The summed E-state index contributed by atoms with van der Waals surface area (Å²) in [6.07, 6.45) is 3.23. The summed E-state index contributed by atoms with van der Waals surface area (Å²) in [5.41, 5.74) is 7.35. The van der Waals surface area contributed by atoms with Gasteiger partial charge in [-0.25, -0.2) is 0 Å². The van der Waals surface area contributed by atoms with Crippen molar-refractivity contribution in [2.24, 2.45) is 5.73 Å². The van der Waals surface area contributed by atoms with Crippen LogP contribution < -0.4 is 11.1 Å². The van der Waals surface area contributed by atoms with Gasteiger partial charge in [0.2, 0.25) is 5.91 Å². The van der Waals surface area contributed by atoms with Gasteiger partial charge in [-0.15, -0.1) is 0 Å². The highest BCUT2D eigenvalue weighted by Gasteiger charge is 2.12. The summed E-state index contributed by atoms with van der Waals surface area (Å²) in [6.45, 7) is 2.00. The highest BCUT2D eigenvalue weighted by atomic mass is 16.2. The second-order valence-corrected chi connectivity index (χ2v) is 4.30. The summed E-state index contributed by atoms with van der Waals surface area (Å²) >= 11 is 0. The molecule has 0 spiro atoms. The molecule has 1 aromatic carbocycles. The van der Waals surface area contributed by atoms with Gasteiger partial charge in [-0.2, -0.15) is 0 Å². The number of para-hydroxylation sites is 1. The van der Waals surface area contributed by atoms with E-state index in [1.165, 1.54) is 0 Å². The molecule has 3 N–H and O–H groups in total. The van der Waals surface area contributed by atoms with Crippen molar-refractivity contribution in [2.45, 2.75) is 25.8 Å². The zero-order valence-corrected chi connectivity index (χ0v) is 10.4. The third kappa shape index (κ3) is 2.84. The van der Waals surface area contributed by atoms with Gasteiger partial charge in [-0.1, -0.05) is 31.5 Å². The number of nitrogens with zero attached hydrogens (tertiary/aromatic N) is 1. The first kappa shape index (κ1) is 12.5. The largest absolute Gasteiger partial charge is 0.323 e. The minimum atomic E-state index is -0.457. The highest BCUT2D eigenvalue weighted by Crippen LogP contribution is 2.16. The predicted octanol–water partition coefficient (Wildman–Crippen LogP) is 2.30. The minimum Gasteiger partial charge on any atom is -0.323 e. The van der Waals surface area contributed by atoms with E-state index in [2.05, 4.69) is 10.3 Å². The number of benzene rings is 1. The van der Waals surface area contributed by atoms with Crippen LogP contribution in [0.15, 0.2) is 36.5 Å². The number of hydrogen-bond donors (Lipinski definition) is 2. The van der Waals surface area contributed by atoms with Crippen molar-refractivity contribution in [3.05, 3.63) is 36.5 Å². The van der Waals surface area contributed by atoms with E-state index >= 15 is 0 Å². The first-order valence-electron chi connectivity index (χ1n) is 6.12. The first-order chi connectivity index (χ1) is 8.70. The lowest BCUT2D eigenvalue weighted by atomic mass is 10.1. The summed E-state index contributed by atoms with van der Waals surface area (Å²) in [5.74, 6) is -0.158. The number of carbonyl (C=O) groups is 1. The number of aromatic nitrogens is 1. The van der Waals surface area contributed by atoms with Gasteiger partial charge in [0.15, 0.2) is 0 Å². The van der Waals surface area contributed by atoms with E-state index in [4.69, 9.17) is 5.73 Å². The molecule has 2 aromatic rings. The molecule has 18 heavy (non-hydrogen) atoms. The molecule has 4 nitrogen and oxygen atoms in total. The van der Waals surface area contributed by atoms with Crippen LogP contribution in [0.5, 0.6) is 0 Å². The van der Waals surface area contributed by atoms with Crippen molar-refractivity contribution < 1.29 is 4.79 Å². The Morgan fingerprint density at radius 2 is 2.22 bits per heavy atom. The van der Waals surface area contributed by atoms with Crippen molar-refractivity contribution in [3.63, 3.8) is 0 Å². The zero-order valence-electron chi connectivity index (χ0n) is 10.4. The quantitative estimate of drug-likeness (QED) is 0.865. The van der Waals surface area contributed by atoms with Gasteiger partial charge in [0.05, 0.1) is 23.4 Å². The molecule has 1 atom stereocenters. The molecule has 0 bridgehead atoms. The molecule has 1 heterocycles. The van der Waals surface area contributed by atoms with E-state index in [-0.39, 0.29) is 5.91 Å². The van der Waals surface area contributed by atoms with E-state index in [9.17, 15) is 4.79 Å². The van der Waals surface area contributed by atoms with E-state index in [1.54, 1.807) is 6.20 Å². The lowest BCUT2D eigenvalue weighted by Crippen LogP contribution is -2.35. The first-order valence-corrected chi connectivity index (χ1v) is 6.12. The number of fused-ring (bicyclic) bond motifs is 1. The molecule has 1 aromatic heterocycles. The summed E-state index contributed by atoms with van der Waals surface area (Å²) in [5, 5.41) is 3.79. The Bertz CT molecular complexity index is 553. The maximum absolute atomic E-state index is 11.8. The number of nitrogens with two attached hydrogens (primary N) is 1. The Labute approximate surface area is 106 Å². The molecule has 0 saturated heterocycles. The van der Waals surface area contributed by atoms with E-state index in [0.717, 1.165) is 17.3 Å². The van der Waals surface area contributed by atoms with Crippen molar-refractivity contribution in [1.82, 2.24) is 4.98 Å². The maximum atomic E-state index is 11.8. The molecule has 2 rings (SSSR count). The van der Waals surface area contributed by atoms with Crippen molar-refractivity contribution in [3.8, 4) is 0 Å².